The molecule has 1 atom stereocenters. The quantitative estimate of drug-likeness (QED) is 0.526. The van der Waals surface area contributed by atoms with Crippen LogP contribution in [-0.2, 0) is 9.59 Å². The molecule has 1 aliphatic rings. The van der Waals surface area contributed by atoms with Crippen LogP contribution in [0, 0.1) is 6.92 Å². The molecule has 29 heavy (non-hydrogen) atoms. The third-order valence-corrected chi connectivity index (χ3v) is 5.44. The number of rotatable bonds is 5. The van der Waals surface area contributed by atoms with E-state index in [-0.39, 0.29) is 28.5 Å². The van der Waals surface area contributed by atoms with Crippen molar-refractivity contribution in [2.45, 2.75) is 32.7 Å². The van der Waals surface area contributed by atoms with Gasteiger partial charge in [0.15, 0.2) is 5.78 Å². The summed E-state index contributed by atoms with van der Waals surface area (Å²) in [6.07, 6.45) is -0.0368. The van der Waals surface area contributed by atoms with E-state index in [1.54, 1.807) is 24.3 Å². The van der Waals surface area contributed by atoms with Gasteiger partial charge in [0.25, 0.3) is 5.91 Å². The largest absolute Gasteiger partial charge is 0.292 e. The molecule has 0 spiro atoms. The van der Waals surface area contributed by atoms with Gasteiger partial charge < -0.3 is 0 Å². The van der Waals surface area contributed by atoms with Gasteiger partial charge in [0, 0.05) is 24.0 Å². The Morgan fingerprint density at radius 1 is 0.931 bits per heavy atom. The summed E-state index contributed by atoms with van der Waals surface area (Å²) >= 11 is 11.9. The van der Waals surface area contributed by atoms with E-state index >= 15 is 0 Å². The summed E-state index contributed by atoms with van der Waals surface area (Å²) in [5.74, 6) is -2.16. The average Bonchev–Trinajstić information content (AvgIpc) is 3.02. The zero-order valence-electron chi connectivity index (χ0n) is 15.8. The van der Waals surface area contributed by atoms with Crippen molar-refractivity contribution in [1.29, 1.82) is 0 Å². The number of hydrogen-bond acceptors (Lipinski definition) is 4. The highest BCUT2D eigenvalue weighted by atomic mass is 35.5. The maximum atomic E-state index is 13.2. The summed E-state index contributed by atoms with van der Waals surface area (Å²) in [7, 11) is 0. The lowest BCUT2D eigenvalue weighted by molar-refractivity contribution is -0.154. The van der Waals surface area contributed by atoms with Gasteiger partial charge in [0.05, 0.1) is 10.0 Å². The monoisotopic (exact) mass is 432 g/mol. The Kier molecular flexibility index (Phi) is 6.05. The number of ketones is 1. The molecular weight excluding hydrogens is 415 g/mol. The Balaban J connectivity index is 2.02. The minimum atomic E-state index is -1.09. The van der Waals surface area contributed by atoms with Gasteiger partial charge in [-0.2, -0.15) is 5.01 Å². The number of Topliss-reactive ketones (excluding diaryl/α,β-unsaturated/α-hetero) is 1. The van der Waals surface area contributed by atoms with Crippen LogP contribution in [-0.4, -0.2) is 39.6 Å². The molecule has 0 aliphatic carbocycles. The molecule has 0 unspecified atom stereocenters. The summed E-state index contributed by atoms with van der Waals surface area (Å²) in [6, 6.07) is 9.95. The second-order valence-corrected chi connectivity index (χ2v) is 7.60. The molecule has 0 radical (unpaired) electrons. The number of carbonyl (C=O) groups excluding carboxylic acids is 4. The summed E-state index contributed by atoms with van der Waals surface area (Å²) in [6.45, 7) is 3.37. The van der Waals surface area contributed by atoms with E-state index in [2.05, 4.69) is 0 Å². The van der Waals surface area contributed by atoms with Crippen molar-refractivity contribution < 1.29 is 19.2 Å². The summed E-state index contributed by atoms with van der Waals surface area (Å²) in [5, 5.41) is 2.09. The van der Waals surface area contributed by atoms with Gasteiger partial charge in [0.2, 0.25) is 11.8 Å². The van der Waals surface area contributed by atoms with Gasteiger partial charge in [-0.3, -0.25) is 19.2 Å². The van der Waals surface area contributed by atoms with E-state index in [1.165, 1.54) is 25.1 Å². The van der Waals surface area contributed by atoms with Crippen LogP contribution in [0.15, 0.2) is 42.5 Å². The fraction of sp³-hybridized carbons (Fsp3) is 0.238. The molecule has 3 amide bonds. The summed E-state index contributed by atoms with van der Waals surface area (Å²) in [4.78, 5) is 51.0. The lowest BCUT2D eigenvalue weighted by Crippen LogP contribution is -2.55. The summed E-state index contributed by atoms with van der Waals surface area (Å²) in [5.41, 5.74) is 1.45. The first-order chi connectivity index (χ1) is 13.7. The predicted octanol–water partition coefficient (Wildman–Crippen LogP) is 4.08. The lowest BCUT2D eigenvalue weighted by atomic mass is 10.0. The molecule has 150 valence electrons. The molecule has 1 heterocycles. The minimum absolute atomic E-state index is 0.0184. The van der Waals surface area contributed by atoms with E-state index in [1.807, 2.05) is 6.92 Å². The number of imide groups is 1. The second kappa shape index (κ2) is 8.35. The van der Waals surface area contributed by atoms with Gasteiger partial charge in [-0.15, -0.1) is 0 Å². The fourth-order valence-electron chi connectivity index (χ4n) is 3.08. The Morgan fingerprint density at radius 2 is 1.48 bits per heavy atom. The van der Waals surface area contributed by atoms with Crippen LogP contribution in [0.3, 0.4) is 0 Å². The van der Waals surface area contributed by atoms with E-state index < -0.39 is 29.5 Å². The summed E-state index contributed by atoms with van der Waals surface area (Å²) < 4.78 is 0. The number of halogens is 2. The fourth-order valence-corrected chi connectivity index (χ4v) is 3.37. The molecule has 1 saturated heterocycles. The number of hydrogen-bond donors (Lipinski definition) is 0. The van der Waals surface area contributed by atoms with Crippen molar-refractivity contribution in [3.63, 3.8) is 0 Å². The number of carbonyl (C=O) groups is 4. The third-order valence-electron chi connectivity index (χ3n) is 4.70. The Labute approximate surface area is 178 Å². The maximum Gasteiger partial charge on any atom is 0.273 e. The van der Waals surface area contributed by atoms with Crippen molar-refractivity contribution in [3.8, 4) is 0 Å². The van der Waals surface area contributed by atoms with E-state index in [0.29, 0.717) is 5.56 Å². The first-order valence-electron chi connectivity index (χ1n) is 8.96. The van der Waals surface area contributed by atoms with Crippen molar-refractivity contribution in [1.82, 2.24) is 10.0 Å². The number of amides is 3. The lowest BCUT2D eigenvalue weighted by Gasteiger charge is -2.34. The Hall–Kier alpha value is -2.70. The smallest absolute Gasteiger partial charge is 0.273 e. The number of nitrogens with zero attached hydrogens (tertiary/aromatic N) is 2. The molecule has 0 aromatic heterocycles. The van der Waals surface area contributed by atoms with E-state index in [4.69, 9.17) is 23.2 Å². The highest BCUT2D eigenvalue weighted by molar-refractivity contribution is 6.42. The number of benzene rings is 2. The molecule has 8 heteroatoms. The number of aryl methyl sites for hydroxylation is 1. The van der Waals surface area contributed by atoms with Crippen LogP contribution in [0.4, 0.5) is 0 Å². The molecule has 6 nitrogen and oxygen atoms in total. The SMILES string of the molecule is Cc1ccc(C(=O)[C@H](C)N(C(=O)c2ccc(Cl)c(Cl)c2)N2C(=O)CCC2=O)cc1. The highest BCUT2D eigenvalue weighted by Gasteiger charge is 2.41. The van der Waals surface area contributed by atoms with Crippen LogP contribution in [0.2, 0.25) is 10.0 Å². The van der Waals surface area contributed by atoms with Crippen molar-refractivity contribution in [2.75, 3.05) is 0 Å². The molecule has 0 N–H and O–H groups in total. The molecule has 3 rings (SSSR count). The molecule has 1 fully saturated rings. The highest BCUT2D eigenvalue weighted by Crippen LogP contribution is 2.26. The van der Waals surface area contributed by atoms with Gasteiger partial charge in [-0.25, -0.2) is 5.01 Å². The standard InChI is InChI=1S/C21H18Cl2N2O4/c1-12-3-5-14(6-4-12)20(28)13(2)24(25-18(26)9-10-19(25)27)21(29)15-7-8-16(22)17(23)11-15/h3-8,11,13H,9-10H2,1-2H3/t13-/m0/s1. The first kappa shape index (κ1) is 21.0. The van der Waals surface area contributed by atoms with Gasteiger partial charge in [-0.1, -0.05) is 53.0 Å². The molecule has 2 aromatic rings. The maximum absolute atomic E-state index is 13.2. The Morgan fingerprint density at radius 3 is 2.03 bits per heavy atom. The van der Waals surface area contributed by atoms with Crippen LogP contribution >= 0.6 is 23.2 Å². The van der Waals surface area contributed by atoms with E-state index in [9.17, 15) is 19.2 Å². The zero-order valence-corrected chi connectivity index (χ0v) is 17.3. The topological polar surface area (TPSA) is 74.8 Å². The molecule has 2 aromatic carbocycles. The van der Waals surface area contributed by atoms with Crippen LogP contribution in [0.5, 0.6) is 0 Å². The van der Waals surface area contributed by atoms with Crippen LogP contribution in [0.1, 0.15) is 46.0 Å². The molecule has 0 saturated carbocycles. The predicted molar refractivity (Wildman–Crippen MR) is 109 cm³/mol. The van der Waals surface area contributed by atoms with Gasteiger partial charge in [0.1, 0.15) is 6.04 Å². The molecule has 1 aliphatic heterocycles. The second-order valence-electron chi connectivity index (χ2n) is 6.78. The van der Waals surface area contributed by atoms with Crippen molar-refractivity contribution >= 4 is 46.7 Å². The van der Waals surface area contributed by atoms with Crippen LogP contribution < -0.4 is 0 Å². The van der Waals surface area contributed by atoms with E-state index in [0.717, 1.165) is 15.6 Å². The van der Waals surface area contributed by atoms with Crippen LogP contribution in [0.25, 0.3) is 0 Å². The normalized spacial score (nSPS) is 14.8. The average molecular weight is 433 g/mol. The van der Waals surface area contributed by atoms with Crippen molar-refractivity contribution in [3.05, 3.63) is 69.2 Å². The molecule has 0 bridgehead atoms. The first-order valence-corrected chi connectivity index (χ1v) is 9.71. The minimum Gasteiger partial charge on any atom is -0.292 e. The Bertz CT molecular complexity index is 988. The molecular formula is C21H18Cl2N2O4. The van der Waals surface area contributed by atoms with Crippen molar-refractivity contribution in [2.24, 2.45) is 0 Å². The number of hydrazine groups is 1. The van der Waals surface area contributed by atoms with Gasteiger partial charge in [-0.05, 0) is 32.0 Å². The zero-order chi connectivity index (χ0) is 21.3. The third kappa shape index (κ3) is 4.18. The van der Waals surface area contributed by atoms with Gasteiger partial charge >= 0.3 is 0 Å².